The Kier molecular flexibility index (Phi) is 4.95. The Morgan fingerprint density at radius 2 is 1.96 bits per heavy atom. The van der Waals surface area contributed by atoms with Crippen molar-refractivity contribution in [2.75, 3.05) is 11.1 Å². The van der Waals surface area contributed by atoms with E-state index in [2.05, 4.69) is 20.5 Å². The van der Waals surface area contributed by atoms with Crippen molar-refractivity contribution in [3.8, 4) is 0 Å². The molecule has 25 heavy (non-hydrogen) atoms. The maximum atomic E-state index is 6.22. The Morgan fingerprint density at radius 3 is 2.68 bits per heavy atom. The molecule has 1 aliphatic rings. The average Bonchev–Trinajstić information content (AvgIpc) is 3.20. The topological polar surface area (TPSA) is 55.1 Å². The molecule has 4 rings (SSSR count). The number of thioether (sulfide) groups is 1. The summed E-state index contributed by atoms with van der Waals surface area (Å²) in [6.45, 7) is 0.504. The van der Waals surface area contributed by atoms with Crippen LogP contribution in [0.3, 0.4) is 0 Å². The summed E-state index contributed by atoms with van der Waals surface area (Å²) < 4.78 is 1.94. The predicted octanol–water partition coefficient (Wildman–Crippen LogP) is 5.26. The molecule has 3 heterocycles. The van der Waals surface area contributed by atoms with Crippen LogP contribution >= 0.6 is 46.6 Å². The van der Waals surface area contributed by atoms with Crippen LogP contribution in [0.4, 0.5) is 5.82 Å². The molecule has 1 atom stereocenters. The van der Waals surface area contributed by atoms with Gasteiger partial charge in [-0.15, -0.1) is 10.2 Å². The van der Waals surface area contributed by atoms with E-state index in [0.717, 1.165) is 23.6 Å². The second-order valence-corrected chi connectivity index (χ2v) is 8.37. The third-order valence-corrected chi connectivity index (χ3v) is 5.98. The number of benzene rings is 1. The minimum Gasteiger partial charge on any atom is -0.363 e. The number of hydrogen-bond donors (Lipinski definition) is 1. The Balaban J connectivity index is 1.65. The number of hydrogen-bond acceptors (Lipinski definition) is 5. The lowest BCUT2D eigenvalue weighted by molar-refractivity contribution is 0.765. The van der Waals surface area contributed by atoms with E-state index in [1.54, 1.807) is 12.3 Å². The number of halogens is 3. The van der Waals surface area contributed by atoms with Gasteiger partial charge in [0, 0.05) is 22.8 Å². The molecule has 1 aromatic carbocycles. The zero-order valence-electron chi connectivity index (χ0n) is 13.0. The van der Waals surface area contributed by atoms with Crippen molar-refractivity contribution < 1.29 is 0 Å². The average molecular weight is 415 g/mol. The zero-order chi connectivity index (χ0) is 17.4. The van der Waals surface area contributed by atoms with Crippen molar-refractivity contribution in [3.05, 3.63) is 51.0 Å². The van der Waals surface area contributed by atoms with E-state index in [4.69, 9.17) is 34.8 Å². The molecule has 1 N–H and O–H groups in total. The molecule has 9 heteroatoms. The minimum absolute atomic E-state index is 0.355. The summed E-state index contributed by atoms with van der Waals surface area (Å²) >= 11 is 20.2. The van der Waals surface area contributed by atoms with Gasteiger partial charge in [-0.25, -0.2) is 4.98 Å². The summed E-state index contributed by atoms with van der Waals surface area (Å²) in [5.41, 5.74) is 1.61. The molecule has 0 aliphatic carbocycles. The van der Waals surface area contributed by atoms with Gasteiger partial charge in [-0.3, -0.25) is 4.40 Å². The normalized spacial score (nSPS) is 17.3. The van der Waals surface area contributed by atoms with Gasteiger partial charge >= 0.3 is 0 Å². The standard InChI is InChI=1S/C16H14Cl3N5S/c17-10-4-9(5-11(18)6-10)7-20-14-16-23-22-15(12-2-1-3-25-12)24(16)8-13(19)21-14/h4-6,8,12H,1-3,7H2,(H,20,21)/t12-/m0/s1. The monoisotopic (exact) mass is 413 g/mol. The Hall–Kier alpha value is -1.21. The first kappa shape index (κ1) is 17.2. The van der Waals surface area contributed by atoms with E-state index < -0.39 is 0 Å². The van der Waals surface area contributed by atoms with Gasteiger partial charge in [0.25, 0.3) is 0 Å². The van der Waals surface area contributed by atoms with E-state index >= 15 is 0 Å². The lowest BCUT2D eigenvalue weighted by atomic mass is 10.2. The van der Waals surface area contributed by atoms with Crippen molar-refractivity contribution >= 4 is 58.0 Å². The highest BCUT2D eigenvalue weighted by Crippen LogP contribution is 2.39. The molecule has 3 aromatic rings. The van der Waals surface area contributed by atoms with Gasteiger partial charge < -0.3 is 5.32 Å². The molecule has 0 amide bonds. The fraction of sp³-hybridized carbons (Fsp3) is 0.312. The highest BCUT2D eigenvalue weighted by molar-refractivity contribution is 7.99. The lowest BCUT2D eigenvalue weighted by Crippen LogP contribution is -2.05. The predicted molar refractivity (Wildman–Crippen MR) is 104 cm³/mol. The van der Waals surface area contributed by atoms with Gasteiger partial charge in [0.1, 0.15) is 5.15 Å². The quantitative estimate of drug-likeness (QED) is 0.630. The van der Waals surface area contributed by atoms with Gasteiger partial charge in [0.2, 0.25) is 5.65 Å². The molecule has 0 saturated carbocycles. The van der Waals surface area contributed by atoms with Gasteiger partial charge in [-0.1, -0.05) is 34.8 Å². The number of nitrogens with zero attached hydrogens (tertiary/aromatic N) is 4. The highest BCUT2D eigenvalue weighted by atomic mass is 35.5. The van der Waals surface area contributed by atoms with Gasteiger partial charge in [-0.05, 0) is 42.4 Å². The molecule has 0 bridgehead atoms. The van der Waals surface area contributed by atoms with E-state index in [1.807, 2.05) is 28.3 Å². The largest absolute Gasteiger partial charge is 0.363 e. The van der Waals surface area contributed by atoms with Crippen LogP contribution in [0.1, 0.15) is 29.5 Å². The third kappa shape index (κ3) is 3.67. The second-order valence-electron chi connectivity index (χ2n) is 5.80. The first-order valence-corrected chi connectivity index (χ1v) is 10.00. The second kappa shape index (κ2) is 7.19. The molecule has 0 unspecified atom stereocenters. The summed E-state index contributed by atoms with van der Waals surface area (Å²) in [5, 5.41) is 13.9. The van der Waals surface area contributed by atoms with Gasteiger partial charge in [0.15, 0.2) is 11.6 Å². The van der Waals surface area contributed by atoms with Crippen LogP contribution < -0.4 is 5.32 Å². The molecule has 1 saturated heterocycles. The Morgan fingerprint density at radius 1 is 1.16 bits per heavy atom. The molecule has 0 spiro atoms. The number of nitrogens with one attached hydrogen (secondary N) is 1. The number of anilines is 1. The van der Waals surface area contributed by atoms with Crippen molar-refractivity contribution in [2.45, 2.75) is 24.6 Å². The van der Waals surface area contributed by atoms with E-state index in [1.165, 1.54) is 6.42 Å². The Bertz CT molecular complexity index is 903. The van der Waals surface area contributed by atoms with Gasteiger partial charge in [0.05, 0.1) is 5.25 Å². The molecular formula is C16H14Cl3N5S. The first-order valence-electron chi connectivity index (χ1n) is 7.82. The fourth-order valence-corrected chi connectivity index (χ4v) is 4.92. The number of rotatable bonds is 4. The van der Waals surface area contributed by atoms with Crippen LogP contribution in [0, 0.1) is 0 Å². The summed E-state index contributed by atoms with van der Waals surface area (Å²) in [7, 11) is 0. The van der Waals surface area contributed by atoms with E-state index in [9.17, 15) is 0 Å². The summed E-state index contributed by atoms with van der Waals surface area (Å²) in [6.07, 6.45) is 4.07. The lowest BCUT2D eigenvalue weighted by Gasteiger charge is -2.10. The molecular weight excluding hydrogens is 401 g/mol. The van der Waals surface area contributed by atoms with Crippen LogP contribution in [0.15, 0.2) is 24.4 Å². The highest BCUT2D eigenvalue weighted by Gasteiger charge is 2.24. The molecule has 130 valence electrons. The van der Waals surface area contributed by atoms with Crippen LogP contribution in [-0.4, -0.2) is 25.3 Å². The number of aromatic nitrogens is 4. The van der Waals surface area contributed by atoms with Crippen molar-refractivity contribution in [2.24, 2.45) is 0 Å². The summed E-state index contributed by atoms with van der Waals surface area (Å²) in [6, 6.07) is 5.41. The maximum Gasteiger partial charge on any atom is 0.203 e. The first-order chi connectivity index (χ1) is 12.1. The third-order valence-electron chi connectivity index (χ3n) is 3.99. The molecule has 1 aliphatic heterocycles. The fourth-order valence-electron chi connectivity index (χ4n) is 2.90. The number of fused-ring (bicyclic) bond motifs is 1. The van der Waals surface area contributed by atoms with Crippen LogP contribution in [0.5, 0.6) is 0 Å². The van der Waals surface area contributed by atoms with Crippen LogP contribution in [0.2, 0.25) is 15.2 Å². The maximum absolute atomic E-state index is 6.22. The van der Waals surface area contributed by atoms with Crippen molar-refractivity contribution in [1.82, 2.24) is 19.6 Å². The molecule has 1 fully saturated rings. The summed E-state index contributed by atoms with van der Waals surface area (Å²) in [5.74, 6) is 2.67. The van der Waals surface area contributed by atoms with Crippen molar-refractivity contribution in [3.63, 3.8) is 0 Å². The Labute approximate surface area is 164 Å². The smallest absolute Gasteiger partial charge is 0.203 e. The van der Waals surface area contributed by atoms with E-state index in [0.29, 0.717) is 38.5 Å². The van der Waals surface area contributed by atoms with Crippen LogP contribution in [0.25, 0.3) is 5.65 Å². The minimum atomic E-state index is 0.355. The van der Waals surface area contributed by atoms with Crippen molar-refractivity contribution in [1.29, 1.82) is 0 Å². The van der Waals surface area contributed by atoms with Gasteiger partial charge in [-0.2, -0.15) is 11.8 Å². The van der Waals surface area contributed by atoms with E-state index in [-0.39, 0.29) is 0 Å². The zero-order valence-corrected chi connectivity index (χ0v) is 16.1. The molecule has 2 aromatic heterocycles. The SMILES string of the molecule is Clc1cc(Cl)cc(CNc2nc(Cl)cn3c([C@@H]4CCCS4)nnc23)c1. The van der Waals surface area contributed by atoms with Crippen LogP contribution in [-0.2, 0) is 6.54 Å². The summed E-state index contributed by atoms with van der Waals surface area (Å²) in [4.78, 5) is 4.36. The molecule has 0 radical (unpaired) electrons. The molecule has 5 nitrogen and oxygen atoms in total.